The molecule has 1 aliphatic carbocycles. The number of pyridine rings is 1. The van der Waals surface area contributed by atoms with Gasteiger partial charge in [0.15, 0.2) is 0 Å². The Labute approximate surface area is 150 Å². The number of aromatic nitrogens is 1. The standard InChI is InChI=1S/C21H17FN2O2/c22-15-6-4-14(5-7-15)19-13-20(19)21(25)24-16-2-1-3-18(12-16)26-17-8-10-23-11-9-17/h1-12,19-20H,13H2,(H,24,25). The molecule has 0 radical (unpaired) electrons. The van der Waals surface area contributed by atoms with E-state index in [0.29, 0.717) is 17.2 Å². The summed E-state index contributed by atoms with van der Waals surface area (Å²) in [7, 11) is 0. The van der Waals surface area contributed by atoms with Gasteiger partial charge in [0.2, 0.25) is 5.91 Å². The Bertz CT molecular complexity index is 913. The second-order valence-electron chi connectivity index (χ2n) is 6.30. The van der Waals surface area contributed by atoms with E-state index in [2.05, 4.69) is 10.3 Å². The van der Waals surface area contributed by atoms with Crippen molar-refractivity contribution in [1.82, 2.24) is 4.98 Å². The fourth-order valence-corrected chi connectivity index (χ4v) is 2.98. The molecule has 2 atom stereocenters. The SMILES string of the molecule is O=C(Nc1cccc(Oc2ccncc2)c1)C1CC1c1ccc(F)cc1. The number of amides is 1. The minimum atomic E-state index is -0.263. The van der Waals surface area contributed by atoms with E-state index in [0.717, 1.165) is 12.0 Å². The van der Waals surface area contributed by atoms with Crippen molar-refractivity contribution in [2.24, 2.45) is 5.92 Å². The van der Waals surface area contributed by atoms with Crippen molar-refractivity contribution in [3.63, 3.8) is 0 Å². The van der Waals surface area contributed by atoms with Crippen LogP contribution in [-0.2, 0) is 4.79 Å². The molecule has 1 N–H and O–H groups in total. The first-order chi connectivity index (χ1) is 12.7. The van der Waals surface area contributed by atoms with Gasteiger partial charge < -0.3 is 10.1 Å². The van der Waals surface area contributed by atoms with E-state index in [1.165, 1.54) is 12.1 Å². The number of halogens is 1. The summed E-state index contributed by atoms with van der Waals surface area (Å²) in [6.07, 6.45) is 4.10. The molecule has 0 spiro atoms. The van der Waals surface area contributed by atoms with Crippen LogP contribution in [0.2, 0.25) is 0 Å². The van der Waals surface area contributed by atoms with Crippen LogP contribution in [0.3, 0.4) is 0 Å². The topological polar surface area (TPSA) is 51.2 Å². The summed E-state index contributed by atoms with van der Waals surface area (Å²) in [5.41, 5.74) is 1.69. The second-order valence-corrected chi connectivity index (χ2v) is 6.30. The highest BCUT2D eigenvalue weighted by atomic mass is 19.1. The highest BCUT2D eigenvalue weighted by Gasteiger charge is 2.43. The number of ether oxygens (including phenoxy) is 1. The predicted molar refractivity (Wildman–Crippen MR) is 96.6 cm³/mol. The largest absolute Gasteiger partial charge is 0.457 e. The highest BCUT2D eigenvalue weighted by molar-refractivity contribution is 5.95. The zero-order valence-corrected chi connectivity index (χ0v) is 13.9. The normalized spacial score (nSPS) is 18.2. The third-order valence-electron chi connectivity index (χ3n) is 4.41. The molecule has 2 unspecified atom stereocenters. The van der Waals surface area contributed by atoms with E-state index < -0.39 is 0 Å². The zero-order chi connectivity index (χ0) is 17.9. The van der Waals surface area contributed by atoms with E-state index in [-0.39, 0.29) is 23.6 Å². The van der Waals surface area contributed by atoms with Gasteiger partial charge in [0, 0.05) is 30.1 Å². The third kappa shape index (κ3) is 3.72. The van der Waals surface area contributed by atoms with Crippen LogP contribution in [0.4, 0.5) is 10.1 Å². The van der Waals surface area contributed by atoms with Crippen LogP contribution in [0.15, 0.2) is 73.1 Å². The fourth-order valence-electron chi connectivity index (χ4n) is 2.98. The van der Waals surface area contributed by atoms with Crippen molar-refractivity contribution >= 4 is 11.6 Å². The maximum Gasteiger partial charge on any atom is 0.228 e. The van der Waals surface area contributed by atoms with Crippen LogP contribution >= 0.6 is 0 Å². The first-order valence-corrected chi connectivity index (χ1v) is 8.43. The monoisotopic (exact) mass is 348 g/mol. The van der Waals surface area contributed by atoms with Crippen molar-refractivity contribution in [1.29, 1.82) is 0 Å². The Morgan fingerprint density at radius 1 is 1.04 bits per heavy atom. The summed E-state index contributed by atoms with van der Waals surface area (Å²) in [5, 5.41) is 2.94. The molecule has 1 amide bonds. The summed E-state index contributed by atoms with van der Waals surface area (Å²) in [4.78, 5) is 16.4. The fraction of sp³-hybridized carbons (Fsp3) is 0.143. The van der Waals surface area contributed by atoms with Crippen LogP contribution in [0.1, 0.15) is 17.9 Å². The molecule has 2 aromatic carbocycles. The number of anilines is 1. The van der Waals surface area contributed by atoms with Gasteiger partial charge in [-0.25, -0.2) is 4.39 Å². The van der Waals surface area contributed by atoms with Gasteiger partial charge in [-0.3, -0.25) is 9.78 Å². The van der Waals surface area contributed by atoms with E-state index in [1.807, 2.05) is 18.2 Å². The number of rotatable bonds is 5. The predicted octanol–water partition coefficient (Wildman–Crippen LogP) is 4.76. The van der Waals surface area contributed by atoms with Crippen molar-refractivity contribution in [3.05, 3.63) is 84.4 Å². The van der Waals surface area contributed by atoms with Gasteiger partial charge in [0.1, 0.15) is 17.3 Å². The number of hydrogen-bond acceptors (Lipinski definition) is 3. The molecule has 1 fully saturated rings. The van der Waals surface area contributed by atoms with Crippen molar-refractivity contribution < 1.29 is 13.9 Å². The molecule has 26 heavy (non-hydrogen) atoms. The zero-order valence-electron chi connectivity index (χ0n) is 13.9. The van der Waals surface area contributed by atoms with Crippen molar-refractivity contribution in [3.8, 4) is 11.5 Å². The molecule has 4 rings (SSSR count). The van der Waals surface area contributed by atoms with Gasteiger partial charge in [-0.1, -0.05) is 18.2 Å². The number of carbonyl (C=O) groups excluding carboxylic acids is 1. The number of nitrogens with one attached hydrogen (secondary N) is 1. The maximum absolute atomic E-state index is 13.0. The average Bonchev–Trinajstić information content (AvgIpc) is 3.44. The summed E-state index contributed by atoms with van der Waals surface area (Å²) in [5.74, 6) is 1.11. The number of carbonyl (C=O) groups is 1. The smallest absolute Gasteiger partial charge is 0.228 e. The van der Waals surface area contributed by atoms with Crippen LogP contribution in [0.25, 0.3) is 0 Å². The van der Waals surface area contributed by atoms with Crippen molar-refractivity contribution in [2.75, 3.05) is 5.32 Å². The molecule has 1 aromatic heterocycles. The molecule has 0 saturated heterocycles. The lowest BCUT2D eigenvalue weighted by molar-refractivity contribution is -0.117. The number of benzene rings is 2. The molecule has 0 bridgehead atoms. The Kier molecular flexibility index (Phi) is 4.35. The molecule has 130 valence electrons. The summed E-state index contributed by atoms with van der Waals surface area (Å²) in [6.45, 7) is 0. The minimum absolute atomic E-state index is 0.0274. The number of nitrogens with zero attached hydrogens (tertiary/aromatic N) is 1. The maximum atomic E-state index is 13.0. The van der Waals surface area contributed by atoms with Gasteiger partial charge in [0.05, 0.1) is 0 Å². The van der Waals surface area contributed by atoms with Gasteiger partial charge in [-0.2, -0.15) is 0 Å². The van der Waals surface area contributed by atoms with E-state index in [9.17, 15) is 9.18 Å². The lowest BCUT2D eigenvalue weighted by Crippen LogP contribution is -2.14. The molecule has 1 aliphatic rings. The Morgan fingerprint density at radius 2 is 1.81 bits per heavy atom. The van der Waals surface area contributed by atoms with Crippen LogP contribution in [0.5, 0.6) is 11.5 Å². The van der Waals surface area contributed by atoms with E-state index in [1.54, 1.807) is 42.7 Å². The van der Waals surface area contributed by atoms with Gasteiger partial charge >= 0.3 is 0 Å². The summed E-state index contributed by atoms with van der Waals surface area (Å²) < 4.78 is 18.8. The molecule has 1 saturated carbocycles. The first kappa shape index (κ1) is 16.3. The molecular formula is C21H17FN2O2. The van der Waals surface area contributed by atoms with Gasteiger partial charge in [-0.15, -0.1) is 0 Å². The molecular weight excluding hydrogens is 331 g/mol. The Balaban J connectivity index is 1.39. The van der Waals surface area contributed by atoms with Gasteiger partial charge in [-0.05, 0) is 54.3 Å². The summed E-state index contributed by atoms with van der Waals surface area (Å²) >= 11 is 0. The van der Waals surface area contributed by atoms with Gasteiger partial charge in [0.25, 0.3) is 0 Å². The van der Waals surface area contributed by atoms with Crippen LogP contribution in [-0.4, -0.2) is 10.9 Å². The highest BCUT2D eigenvalue weighted by Crippen LogP contribution is 2.48. The average molecular weight is 348 g/mol. The molecule has 3 aromatic rings. The van der Waals surface area contributed by atoms with Crippen LogP contribution in [0, 0.1) is 11.7 Å². The molecule has 1 heterocycles. The molecule has 4 nitrogen and oxygen atoms in total. The lowest BCUT2D eigenvalue weighted by Gasteiger charge is -2.09. The quantitative estimate of drug-likeness (QED) is 0.723. The minimum Gasteiger partial charge on any atom is -0.457 e. The Hall–Kier alpha value is -3.21. The Morgan fingerprint density at radius 3 is 2.58 bits per heavy atom. The first-order valence-electron chi connectivity index (χ1n) is 8.43. The van der Waals surface area contributed by atoms with Crippen molar-refractivity contribution in [2.45, 2.75) is 12.3 Å². The van der Waals surface area contributed by atoms with E-state index >= 15 is 0 Å². The molecule has 0 aliphatic heterocycles. The van der Waals surface area contributed by atoms with Crippen LogP contribution < -0.4 is 10.1 Å². The lowest BCUT2D eigenvalue weighted by atomic mass is 10.1. The third-order valence-corrected chi connectivity index (χ3v) is 4.41. The second kappa shape index (κ2) is 6.96. The molecule has 5 heteroatoms. The van der Waals surface area contributed by atoms with E-state index in [4.69, 9.17) is 4.74 Å². The number of hydrogen-bond donors (Lipinski definition) is 1. The summed E-state index contributed by atoms with van der Waals surface area (Å²) in [6, 6.07) is 17.2.